The summed E-state index contributed by atoms with van der Waals surface area (Å²) in [5, 5.41) is 9.27. The third-order valence-corrected chi connectivity index (χ3v) is 3.47. The standard InChI is InChI=1S/C12H18N4O3/c1-6(2)10(13)11(17)16-4-8-7(14-5-15-8)3-9(16)12(18)19/h5-6,9-10H,3-4,13H2,1-2H3,(H,14,15)(H,18,19). The van der Waals surface area contributed by atoms with Crippen molar-refractivity contribution >= 4 is 11.9 Å². The van der Waals surface area contributed by atoms with Gasteiger partial charge in [0.2, 0.25) is 5.91 Å². The highest BCUT2D eigenvalue weighted by Crippen LogP contribution is 2.22. The summed E-state index contributed by atoms with van der Waals surface area (Å²) in [6.45, 7) is 3.89. The van der Waals surface area contributed by atoms with Crippen LogP contribution >= 0.6 is 0 Å². The van der Waals surface area contributed by atoms with Gasteiger partial charge in [-0.2, -0.15) is 0 Å². The van der Waals surface area contributed by atoms with E-state index in [4.69, 9.17) is 5.73 Å². The molecule has 2 rings (SSSR count). The van der Waals surface area contributed by atoms with E-state index >= 15 is 0 Å². The van der Waals surface area contributed by atoms with Gasteiger partial charge in [-0.1, -0.05) is 13.8 Å². The Labute approximate surface area is 110 Å². The fourth-order valence-electron chi connectivity index (χ4n) is 2.16. The lowest BCUT2D eigenvalue weighted by molar-refractivity contribution is -0.152. The molecule has 2 atom stereocenters. The Morgan fingerprint density at radius 2 is 2.26 bits per heavy atom. The number of imidazole rings is 1. The van der Waals surface area contributed by atoms with Crippen molar-refractivity contribution in [3.05, 3.63) is 17.7 Å². The van der Waals surface area contributed by atoms with E-state index in [1.165, 1.54) is 11.2 Å². The van der Waals surface area contributed by atoms with Crippen LogP contribution in [0, 0.1) is 5.92 Å². The van der Waals surface area contributed by atoms with Crippen LogP contribution < -0.4 is 5.73 Å². The molecule has 0 saturated carbocycles. The predicted molar refractivity (Wildman–Crippen MR) is 67.1 cm³/mol. The van der Waals surface area contributed by atoms with E-state index in [0.717, 1.165) is 5.69 Å². The molecule has 0 fully saturated rings. The number of fused-ring (bicyclic) bond motifs is 1. The number of amides is 1. The molecule has 1 aromatic heterocycles. The van der Waals surface area contributed by atoms with Crippen LogP contribution in [0.4, 0.5) is 0 Å². The zero-order chi connectivity index (χ0) is 14.2. The Hall–Kier alpha value is -1.89. The van der Waals surface area contributed by atoms with Gasteiger partial charge in [-0.25, -0.2) is 9.78 Å². The average molecular weight is 266 g/mol. The average Bonchev–Trinajstić information content (AvgIpc) is 2.82. The van der Waals surface area contributed by atoms with Crippen molar-refractivity contribution in [3.8, 4) is 0 Å². The number of carbonyl (C=O) groups excluding carboxylic acids is 1. The van der Waals surface area contributed by atoms with Gasteiger partial charge < -0.3 is 20.7 Å². The van der Waals surface area contributed by atoms with Crippen LogP contribution in [0.3, 0.4) is 0 Å². The van der Waals surface area contributed by atoms with Crippen LogP contribution in [-0.2, 0) is 22.6 Å². The lowest BCUT2D eigenvalue weighted by Crippen LogP contribution is -2.55. The number of nitrogens with zero attached hydrogens (tertiary/aromatic N) is 2. The number of hydrogen-bond acceptors (Lipinski definition) is 4. The molecular weight excluding hydrogens is 248 g/mol. The van der Waals surface area contributed by atoms with Crippen molar-refractivity contribution < 1.29 is 14.7 Å². The minimum absolute atomic E-state index is 0.0369. The molecule has 0 bridgehead atoms. The number of hydrogen-bond donors (Lipinski definition) is 3. The highest BCUT2D eigenvalue weighted by molar-refractivity contribution is 5.87. The van der Waals surface area contributed by atoms with Crippen LogP contribution in [0.2, 0.25) is 0 Å². The molecule has 0 saturated heterocycles. The van der Waals surface area contributed by atoms with Crippen LogP contribution in [0.1, 0.15) is 25.2 Å². The van der Waals surface area contributed by atoms with Gasteiger partial charge in [-0.05, 0) is 5.92 Å². The van der Waals surface area contributed by atoms with Gasteiger partial charge in [0.25, 0.3) is 0 Å². The van der Waals surface area contributed by atoms with Crippen molar-refractivity contribution in [2.45, 2.75) is 38.9 Å². The molecule has 19 heavy (non-hydrogen) atoms. The SMILES string of the molecule is CC(C)C(N)C(=O)N1Cc2[nH]cnc2CC1C(=O)O. The molecule has 1 aliphatic heterocycles. The minimum Gasteiger partial charge on any atom is -0.480 e. The van der Waals surface area contributed by atoms with E-state index in [1.54, 1.807) is 0 Å². The molecule has 7 nitrogen and oxygen atoms in total. The summed E-state index contributed by atoms with van der Waals surface area (Å²) in [7, 11) is 0. The molecule has 1 amide bonds. The van der Waals surface area contributed by atoms with E-state index < -0.39 is 18.1 Å². The number of carboxylic acids is 1. The van der Waals surface area contributed by atoms with Crippen LogP contribution in [0.15, 0.2) is 6.33 Å². The number of carbonyl (C=O) groups is 2. The third kappa shape index (κ3) is 2.46. The second kappa shape index (κ2) is 5.00. The monoisotopic (exact) mass is 266 g/mol. The Bertz CT molecular complexity index is 497. The van der Waals surface area contributed by atoms with Crippen LogP contribution in [-0.4, -0.2) is 43.9 Å². The van der Waals surface area contributed by atoms with Gasteiger partial charge >= 0.3 is 5.97 Å². The Morgan fingerprint density at radius 3 is 2.84 bits per heavy atom. The summed E-state index contributed by atoms with van der Waals surface area (Å²) in [5.41, 5.74) is 7.32. The summed E-state index contributed by atoms with van der Waals surface area (Å²) in [6, 6.07) is -1.58. The van der Waals surface area contributed by atoms with Crippen molar-refractivity contribution in [2.24, 2.45) is 11.7 Å². The van der Waals surface area contributed by atoms with E-state index in [1.807, 2.05) is 13.8 Å². The number of aromatic amines is 1. The normalized spacial score (nSPS) is 20.2. The lowest BCUT2D eigenvalue weighted by Gasteiger charge is -2.34. The number of H-pyrrole nitrogens is 1. The van der Waals surface area contributed by atoms with Gasteiger partial charge in [0.05, 0.1) is 30.3 Å². The van der Waals surface area contributed by atoms with Gasteiger partial charge in [-0.3, -0.25) is 4.79 Å². The smallest absolute Gasteiger partial charge is 0.326 e. The van der Waals surface area contributed by atoms with Crippen molar-refractivity contribution in [1.29, 1.82) is 0 Å². The summed E-state index contributed by atoms with van der Waals surface area (Å²) >= 11 is 0. The summed E-state index contributed by atoms with van der Waals surface area (Å²) in [6.07, 6.45) is 1.73. The molecule has 1 aliphatic rings. The molecule has 2 heterocycles. The molecule has 0 radical (unpaired) electrons. The molecule has 7 heteroatoms. The second-order valence-corrected chi connectivity index (χ2v) is 5.12. The van der Waals surface area contributed by atoms with Crippen molar-refractivity contribution in [1.82, 2.24) is 14.9 Å². The maximum absolute atomic E-state index is 12.3. The van der Waals surface area contributed by atoms with E-state index in [2.05, 4.69) is 9.97 Å². The van der Waals surface area contributed by atoms with Gasteiger partial charge in [0.1, 0.15) is 6.04 Å². The third-order valence-electron chi connectivity index (χ3n) is 3.47. The van der Waals surface area contributed by atoms with Gasteiger partial charge in [0.15, 0.2) is 0 Å². The molecule has 0 aromatic carbocycles. The number of rotatable bonds is 3. The summed E-state index contributed by atoms with van der Waals surface area (Å²) in [5.74, 6) is -1.40. The Kier molecular flexibility index (Phi) is 3.57. The molecular formula is C12H18N4O3. The van der Waals surface area contributed by atoms with E-state index in [0.29, 0.717) is 5.69 Å². The maximum atomic E-state index is 12.3. The van der Waals surface area contributed by atoms with Crippen molar-refractivity contribution in [2.75, 3.05) is 0 Å². The fourth-order valence-corrected chi connectivity index (χ4v) is 2.16. The van der Waals surface area contributed by atoms with Crippen LogP contribution in [0.5, 0.6) is 0 Å². The fraction of sp³-hybridized carbons (Fsp3) is 0.583. The van der Waals surface area contributed by atoms with E-state index in [9.17, 15) is 14.7 Å². The number of nitrogens with one attached hydrogen (secondary N) is 1. The van der Waals surface area contributed by atoms with Crippen LogP contribution in [0.25, 0.3) is 0 Å². The van der Waals surface area contributed by atoms with Crippen molar-refractivity contribution in [3.63, 3.8) is 0 Å². The maximum Gasteiger partial charge on any atom is 0.326 e. The summed E-state index contributed by atoms with van der Waals surface area (Å²) in [4.78, 5) is 31.9. The topological polar surface area (TPSA) is 112 Å². The molecule has 1 aromatic rings. The second-order valence-electron chi connectivity index (χ2n) is 5.12. The number of aliphatic carboxylic acids is 1. The highest BCUT2D eigenvalue weighted by Gasteiger charge is 2.38. The Balaban J connectivity index is 2.27. The molecule has 0 aliphatic carbocycles. The first-order valence-electron chi connectivity index (χ1n) is 6.21. The molecule has 0 spiro atoms. The highest BCUT2D eigenvalue weighted by atomic mass is 16.4. The first-order chi connectivity index (χ1) is 8.91. The zero-order valence-electron chi connectivity index (χ0n) is 11.0. The number of carboxylic acid groups (broad SMARTS) is 1. The summed E-state index contributed by atoms with van der Waals surface area (Å²) < 4.78 is 0. The zero-order valence-corrected chi connectivity index (χ0v) is 11.0. The Morgan fingerprint density at radius 1 is 1.58 bits per heavy atom. The lowest BCUT2D eigenvalue weighted by atomic mass is 9.98. The quantitative estimate of drug-likeness (QED) is 0.697. The van der Waals surface area contributed by atoms with Gasteiger partial charge in [0, 0.05) is 6.42 Å². The molecule has 4 N–H and O–H groups in total. The predicted octanol–water partition coefficient (Wildman–Crippen LogP) is -0.269. The molecule has 104 valence electrons. The minimum atomic E-state index is -1.03. The largest absolute Gasteiger partial charge is 0.480 e. The first kappa shape index (κ1) is 13.5. The number of aromatic nitrogens is 2. The first-order valence-corrected chi connectivity index (χ1v) is 6.21. The van der Waals surface area contributed by atoms with E-state index in [-0.39, 0.29) is 24.8 Å². The molecule has 2 unspecified atom stereocenters. The number of nitrogens with two attached hydrogens (primary N) is 1. The van der Waals surface area contributed by atoms with Gasteiger partial charge in [-0.15, -0.1) is 0 Å².